The summed E-state index contributed by atoms with van der Waals surface area (Å²) in [6.07, 6.45) is 5.77. The Bertz CT molecular complexity index is 710. The number of amides is 1. The Kier molecular flexibility index (Phi) is 3.07. The predicted octanol–water partition coefficient (Wildman–Crippen LogP) is 1.96. The largest absolute Gasteiger partial charge is 0.505 e. The lowest BCUT2D eigenvalue weighted by atomic mass is 9.71. The number of aromatic nitrogens is 2. The first kappa shape index (κ1) is 13.6. The summed E-state index contributed by atoms with van der Waals surface area (Å²) >= 11 is 0. The molecule has 2 aliphatic rings. The molecule has 1 saturated carbocycles. The fourth-order valence-corrected chi connectivity index (χ4v) is 3.50. The molecule has 1 saturated heterocycles. The molecule has 4 rings (SSSR count). The molecule has 1 aromatic carbocycles. The molecule has 2 fully saturated rings. The normalized spacial score (nSPS) is 20.9. The minimum Gasteiger partial charge on any atom is -0.505 e. The topological polar surface area (TPSA) is 87.2 Å². The molecule has 116 valence electrons. The van der Waals surface area contributed by atoms with E-state index in [0.29, 0.717) is 16.5 Å². The number of nitrogens with one attached hydrogen (secondary N) is 2. The summed E-state index contributed by atoms with van der Waals surface area (Å²) in [5.41, 5.74) is 1.17. The molecule has 0 bridgehead atoms. The molecule has 1 aliphatic heterocycles. The van der Waals surface area contributed by atoms with Gasteiger partial charge in [-0.3, -0.25) is 9.89 Å². The second-order valence-corrected chi connectivity index (χ2v) is 6.54. The van der Waals surface area contributed by atoms with Crippen LogP contribution in [0.3, 0.4) is 0 Å². The highest BCUT2D eigenvalue weighted by Crippen LogP contribution is 2.42. The highest BCUT2D eigenvalue weighted by atomic mass is 16.5. The standard InChI is InChI=1S/C16H19N3O3/c20-14-12(2-1-10-7-17-19-13(10)14)15(21)18-11-3-5-16(6-4-11)8-22-9-16/h1-2,7,11,20H,3-6,8-9H2,(H,17,19)(H,18,21). The van der Waals surface area contributed by atoms with E-state index < -0.39 is 0 Å². The number of hydrogen-bond donors (Lipinski definition) is 3. The van der Waals surface area contributed by atoms with Crippen LogP contribution in [0.4, 0.5) is 0 Å². The number of aromatic amines is 1. The third-order valence-corrected chi connectivity index (χ3v) is 5.03. The van der Waals surface area contributed by atoms with E-state index in [1.807, 2.05) is 0 Å². The van der Waals surface area contributed by atoms with Gasteiger partial charge in [0.05, 0.1) is 25.0 Å². The number of rotatable bonds is 2. The van der Waals surface area contributed by atoms with Gasteiger partial charge in [0.25, 0.3) is 5.91 Å². The molecular weight excluding hydrogens is 282 g/mol. The number of fused-ring (bicyclic) bond motifs is 1. The van der Waals surface area contributed by atoms with E-state index in [2.05, 4.69) is 15.5 Å². The molecule has 1 amide bonds. The summed E-state index contributed by atoms with van der Waals surface area (Å²) in [5.74, 6) is -0.257. The van der Waals surface area contributed by atoms with Gasteiger partial charge < -0.3 is 15.2 Å². The van der Waals surface area contributed by atoms with E-state index in [4.69, 9.17) is 4.74 Å². The molecular formula is C16H19N3O3. The van der Waals surface area contributed by atoms with Gasteiger partial charge in [0.1, 0.15) is 5.52 Å². The van der Waals surface area contributed by atoms with Crippen LogP contribution < -0.4 is 5.32 Å². The lowest BCUT2D eigenvalue weighted by molar-refractivity contribution is -0.133. The van der Waals surface area contributed by atoms with Gasteiger partial charge in [-0.1, -0.05) is 6.07 Å². The van der Waals surface area contributed by atoms with Crippen molar-refractivity contribution in [2.24, 2.45) is 5.41 Å². The van der Waals surface area contributed by atoms with E-state index >= 15 is 0 Å². The Labute approximate surface area is 127 Å². The van der Waals surface area contributed by atoms with E-state index in [9.17, 15) is 9.90 Å². The van der Waals surface area contributed by atoms with Crippen LogP contribution >= 0.6 is 0 Å². The smallest absolute Gasteiger partial charge is 0.255 e. The summed E-state index contributed by atoms with van der Waals surface area (Å²) in [7, 11) is 0. The van der Waals surface area contributed by atoms with E-state index in [0.717, 1.165) is 44.3 Å². The monoisotopic (exact) mass is 301 g/mol. The number of H-pyrrole nitrogens is 1. The van der Waals surface area contributed by atoms with Crippen molar-refractivity contribution in [2.75, 3.05) is 13.2 Å². The number of aromatic hydroxyl groups is 1. The highest BCUT2D eigenvalue weighted by molar-refractivity contribution is 6.02. The molecule has 0 atom stereocenters. The van der Waals surface area contributed by atoms with Crippen LogP contribution in [0.15, 0.2) is 18.3 Å². The Morgan fingerprint density at radius 2 is 2.14 bits per heavy atom. The van der Waals surface area contributed by atoms with E-state index in [1.54, 1.807) is 18.3 Å². The second-order valence-electron chi connectivity index (χ2n) is 6.54. The predicted molar refractivity (Wildman–Crippen MR) is 80.7 cm³/mol. The summed E-state index contributed by atoms with van der Waals surface area (Å²) < 4.78 is 5.32. The van der Waals surface area contributed by atoms with Crippen molar-refractivity contribution in [1.29, 1.82) is 0 Å². The maximum Gasteiger partial charge on any atom is 0.255 e. The minimum absolute atomic E-state index is 0.0350. The third kappa shape index (κ3) is 2.14. The first-order chi connectivity index (χ1) is 10.7. The maximum absolute atomic E-state index is 12.4. The Morgan fingerprint density at radius 1 is 1.36 bits per heavy atom. The van der Waals surface area contributed by atoms with Crippen LogP contribution in [0.1, 0.15) is 36.0 Å². The lowest BCUT2D eigenvalue weighted by Crippen LogP contribution is -2.49. The number of nitrogens with zero attached hydrogens (tertiary/aromatic N) is 1. The van der Waals surface area contributed by atoms with Crippen LogP contribution in [0.5, 0.6) is 5.75 Å². The van der Waals surface area contributed by atoms with Gasteiger partial charge >= 0.3 is 0 Å². The Balaban J connectivity index is 1.46. The van der Waals surface area contributed by atoms with Gasteiger partial charge in [-0.15, -0.1) is 0 Å². The fraction of sp³-hybridized carbons (Fsp3) is 0.500. The summed E-state index contributed by atoms with van der Waals surface area (Å²) in [6.45, 7) is 1.73. The van der Waals surface area contributed by atoms with Gasteiger partial charge in [0, 0.05) is 16.8 Å². The van der Waals surface area contributed by atoms with Crippen molar-refractivity contribution in [1.82, 2.24) is 15.5 Å². The van der Waals surface area contributed by atoms with Gasteiger partial charge in [-0.05, 0) is 31.7 Å². The summed E-state index contributed by atoms with van der Waals surface area (Å²) in [5, 5.41) is 20.7. The number of phenolic OH excluding ortho intramolecular Hbond substituents is 1. The Morgan fingerprint density at radius 3 is 2.82 bits per heavy atom. The first-order valence-corrected chi connectivity index (χ1v) is 7.71. The molecule has 0 radical (unpaired) electrons. The zero-order valence-corrected chi connectivity index (χ0v) is 12.3. The molecule has 2 heterocycles. The van der Waals surface area contributed by atoms with Crippen molar-refractivity contribution in [2.45, 2.75) is 31.7 Å². The van der Waals surface area contributed by atoms with Crippen molar-refractivity contribution in [3.8, 4) is 5.75 Å². The molecule has 0 unspecified atom stereocenters. The van der Waals surface area contributed by atoms with Gasteiger partial charge in [-0.2, -0.15) is 5.10 Å². The first-order valence-electron chi connectivity index (χ1n) is 7.71. The van der Waals surface area contributed by atoms with Crippen molar-refractivity contribution in [3.05, 3.63) is 23.9 Å². The van der Waals surface area contributed by atoms with Crippen LogP contribution in [0.25, 0.3) is 10.9 Å². The minimum atomic E-state index is -0.222. The van der Waals surface area contributed by atoms with Crippen LogP contribution in [0.2, 0.25) is 0 Å². The zero-order chi connectivity index (χ0) is 15.2. The van der Waals surface area contributed by atoms with Crippen molar-refractivity contribution < 1.29 is 14.6 Å². The molecule has 22 heavy (non-hydrogen) atoms. The number of carbonyl (C=O) groups excluding carboxylic acids is 1. The summed E-state index contributed by atoms with van der Waals surface area (Å²) in [6, 6.07) is 3.61. The average Bonchev–Trinajstić information content (AvgIpc) is 2.96. The number of hydrogen-bond acceptors (Lipinski definition) is 4. The fourth-order valence-electron chi connectivity index (χ4n) is 3.50. The van der Waals surface area contributed by atoms with Gasteiger partial charge in [-0.25, -0.2) is 0 Å². The number of benzene rings is 1. The SMILES string of the molecule is O=C(NC1CCC2(CC1)COC2)c1ccc2cn[nH]c2c1O. The molecule has 1 spiro atoms. The molecule has 1 aromatic heterocycles. The van der Waals surface area contributed by atoms with E-state index in [1.165, 1.54) is 0 Å². The number of phenols is 1. The van der Waals surface area contributed by atoms with E-state index in [-0.39, 0.29) is 17.7 Å². The second kappa shape index (κ2) is 4.98. The molecule has 6 heteroatoms. The highest BCUT2D eigenvalue weighted by Gasteiger charge is 2.41. The number of ether oxygens (including phenoxy) is 1. The van der Waals surface area contributed by atoms with Gasteiger partial charge in [0.15, 0.2) is 5.75 Å². The lowest BCUT2D eigenvalue weighted by Gasteiger charge is -2.46. The van der Waals surface area contributed by atoms with Crippen LogP contribution in [0, 0.1) is 5.41 Å². The summed E-state index contributed by atoms with van der Waals surface area (Å²) in [4.78, 5) is 12.4. The van der Waals surface area contributed by atoms with Crippen molar-refractivity contribution >= 4 is 16.8 Å². The molecule has 1 aliphatic carbocycles. The molecule has 3 N–H and O–H groups in total. The quantitative estimate of drug-likeness (QED) is 0.791. The van der Waals surface area contributed by atoms with Crippen LogP contribution in [-0.2, 0) is 4.74 Å². The maximum atomic E-state index is 12.4. The van der Waals surface area contributed by atoms with Crippen molar-refractivity contribution in [3.63, 3.8) is 0 Å². The third-order valence-electron chi connectivity index (χ3n) is 5.03. The zero-order valence-electron chi connectivity index (χ0n) is 12.3. The Hall–Kier alpha value is -2.08. The van der Waals surface area contributed by atoms with Crippen LogP contribution in [-0.4, -0.2) is 40.5 Å². The average molecular weight is 301 g/mol. The molecule has 6 nitrogen and oxygen atoms in total. The number of carbonyl (C=O) groups is 1. The van der Waals surface area contributed by atoms with Gasteiger partial charge in [0.2, 0.25) is 0 Å². The molecule has 2 aromatic rings.